The molecule has 430 valence electrons. The van der Waals surface area contributed by atoms with Gasteiger partial charge in [0.1, 0.15) is 0 Å². The molecule has 0 aromatic heterocycles. The summed E-state index contributed by atoms with van der Waals surface area (Å²) < 4.78 is 0. The third kappa shape index (κ3) is 70.2. The molecule has 0 unspecified atom stereocenters. The van der Waals surface area contributed by atoms with Crippen molar-refractivity contribution >= 4 is 0 Å². The SMILES string of the molecule is C/C=C(/C)CC.C/C=C(/C)CC.C/C=C\C(C)(C)C.C/C=C\C(C)(C)C.C/C=C\CC.CCC(C)=C(C)C.CCC(C)=C(C)C.CCC(CC)(c1ccccc1)c1ccccc1.CCC=C(C)C.CCC=C(C)C. The Balaban J connectivity index is -0.000000113. The molecular weight excluding hydrogens is 889 g/mol. The van der Waals surface area contributed by atoms with Crippen LogP contribution >= 0.6 is 0 Å². The van der Waals surface area contributed by atoms with Gasteiger partial charge in [0.05, 0.1) is 0 Å². The van der Waals surface area contributed by atoms with Crippen LogP contribution in [0.25, 0.3) is 0 Å². The summed E-state index contributed by atoms with van der Waals surface area (Å²) in [5, 5.41) is 0. The zero-order valence-corrected chi connectivity index (χ0v) is 56.4. The van der Waals surface area contributed by atoms with Crippen LogP contribution in [0.1, 0.15) is 290 Å². The first-order valence-electron chi connectivity index (χ1n) is 29.2. The normalized spacial score (nSPS) is 10.6. The molecule has 0 N–H and O–H groups in total. The van der Waals surface area contributed by atoms with E-state index in [1.165, 1.54) is 94.2 Å². The largest absolute Gasteiger partial charge is 0.0917 e. The molecule has 0 bridgehead atoms. The van der Waals surface area contributed by atoms with Gasteiger partial charge < -0.3 is 0 Å². The lowest BCUT2D eigenvalue weighted by Gasteiger charge is -2.33. The topological polar surface area (TPSA) is 0 Å². The second-order valence-electron chi connectivity index (χ2n) is 21.9. The van der Waals surface area contributed by atoms with Crippen molar-refractivity contribution in [2.45, 2.75) is 285 Å². The molecule has 0 aliphatic carbocycles. The highest BCUT2D eigenvalue weighted by atomic mass is 14.3. The third-order valence-electron chi connectivity index (χ3n) is 11.8. The first-order chi connectivity index (χ1) is 34.4. The van der Waals surface area contributed by atoms with Crippen LogP contribution in [0.3, 0.4) is 0 Å². The maximum Gasteiger partial charge on any atom is 0.0197 e. The van der Waals surface area contributed by atoms with Crippen LogP contribution in [-0.4, -0.2) is 0 Å². The monoisotopic (exact) mass is 1020 g/mol. The van der Waals surface area contributed by atoms with Gasteiger partial charge in [-0.25, -0.2) is 0 Å². The van der Waals surface area contributed by atoms with Crippen molar-refractivity contribution in [3.8, 4) is 0 Å². The second-order valence-corrected chi connectivity index (χ2v) is 21.9. The van der Waals surface area contributed by atoms with E-state index < -0.39 is 0 Å². The smallest absolute Gasteiger partial charge is 0.0197 e. The first-order valence-corrected chi connectivity index (χ1v) is 29.2. The lowest BCUT2D eigenvalue weighted by Crippen LogP contribution is -2.25. The van der Waals surface area contributed by atoms with E-state index in [4.69, 9.17) is 0 Å². The van der Waals surface area contributed by atoms with E-state index in [2.05, 4.69) is 322 Å². The Kier molecular flexibility index (Phi) is 70.3. The van der Waals surface area contributed by atoms with Crippen LogP contribution in [0.15, 0.2) is 166 Å². The highest BCUT2D eigenvalue weighted by Crippen LogP contribution is 2.38. The summed E-state index contributed by atoms with van der Waals surface area (Å²) in [6, 6.07) is 21.7. The summed E-state index contributed by atoms with van der Waals surface area (Å²) >= 11 is 0. The molecule has 2 rings (SSSR count). The van der Waals surface area contributed by atoms with Crippen molar-refractivity contribution < 1.29 is 0 Å². The van der Waals surface area contributed by atoms with Gasteiger partial charge in [0, 0.05) is 5.41 Å². The maximum absolute atomic E-state index is 2.28. The summed E-state index contributed by atoms with van der Waals surface area (Å²) in [6.45, 7) is 68.7. The lowest BCUT2D eigenvalue weighted by atomic mass is 9.71. The Bertz CT molecular complexity index is 1610. The number of allylic oxidation sites excluding steroid dienone is 18. The molecule has 0 heteroatoms. The zero-order valence-electron chi connectivity index (χ0n) is 56.4. The van der Waals surface area contributed by atoms with Crippen molar-refractivity contribution in [2.24, 2.45) is 10.8 Å². The molecule has 74 heavy (non-hydrogen) atoms. The minimum absolute atomic E-state index is 0.169. The van der Waals surface area contributed by atoms with E-state index in [0.29, 0.717) is 10.8 Å². The quantitative estimate of drug-likeness (QED) is 0.197. The average Bonchev–Trinajstić information content (AvgIpc) is 3.35. The van der Waals surface area contributed by atoms with E-state index in [9.17, 15) is 0 Å². The van der Waals surface area contributed by atoms with E-state index in [1.807, 2.05) is 20.8 Å². The summed E-state index contributed by atoms with van der Waals surface area (Å²) in [7, 11) is 0. The maximum atomic E-state index is 2.28. The van der Waals surface area contributed by atoms with E-state index >= 15 is 0 Å². The van der Waals surface area contributed by atoms with Crippen molar-refractivity contribution in [3.05, 3.63) is 177 Å². The standard InChI is InChI=1S/C17H20.4C7H14.4C6H12.C5H10/c1-3-17(4-2,15-11-7-5-8-12-15)16-13-9-6-10-14-16;2*1-5-6-7(2,3)4;2*1-5-7(4)6(2)3;2*1-4-5-6(2)3;2*1-4-6(3)5-2;1-3-5-4-2/h5-14H,3-4H2,1-2H3;2*5-6H,1-4H3;2*5H2,1-4H3;2*5H,4H2,1-3H3;2*4H,5H2,1-3H3;3,5H,4H2,1-2H3/b;2*6-5-;;;;;2*6-4-;5-3-. The minimum atomic E-state index is 0.169. The molecule has 0 fully saturated rings. The van der Waals surface area contributed by atoms with Crippen LogP contribution in [0, 0.1) is 10.8 Å². The van der Waals surface area contributed by atoms with E-state index in [0.717, 1.165) is 19.3 Å². The number of rotatable bonds is 11. The molecule has 0 nitrogen and oxygen atoms in total. The Morgan fingerprint density at radius 1 is 0.378 bits per heavy atom. The summed E-state index contributed by atoms with van der Waals surface area (Å²) in [4.78, 5) is 0. The Morgan fingerprint density at radius 2 is 0.662 bits per heavy atom. The fraction of sp³-hybridized carbons (Fsp3) is 0.595. The summed E-state index contributed by atoms with van der Waals surface area (Å²) in [5.74, 6) is 0. The fourth-order valence-electron chi connectivity index (χ4n) is 5.92. The lowest BCUT2D eigenvalue weighted by molar-refractivity contribution is 0.478. The molecule has 0 saturated carbocycles. The fourth-order valence-corrected chi connectivity index (χ4v) is 5.92. The summed E-state index contributed by atoms with van der Waals surface area (Å²) in [6.07, 6.45) is 32.0. The Hall–Kier alpha value is -3.90. The van der Waals surface area contributed by atoms with Crippen LogP contribution in [0.4, 0.5) is 0 Å². The molecule has 0 aliphatic heterocycles. The first kappa shape index (κ1) is 86.8. The van der Waals surface area contributed by atoms with Crippen molar-refractivity contribution in [1.82, 2.24) is 0 Å². The number of hydrogen-bond donors (Lipinski definition) is 0. The predicted molar refractivity (Wildman–Crippen MR) is 355 cm³/mol. The number of hydrogen-bond acceptors (Lipinski definition) is 0. The Morgan fingerprint density at radius 3 is 0.730 bits per heavy atom. The van der Waals surface area contributed by atoms with Gasteiger partial charge in [-0.05, 0) is 197 Å². The Labute approximate surface area is 470 Å². The molecule has 0 aliphatic rings. The van der Waals surface area contributed by atoms with Gasteiger partial charge >= 0.3 is 0 Å². The molecule has 0 atom stereocenters. The highest BCUT2D eigenvalue weighted by Gasteiger charge is 2.29. The van der Waals surface area contributed by atoms with Gasteiger partial charge in [-0.3, -0.25) is 0 Å². The molecule has 0 amide bonds. The van der Waals surface area contributed by atoms with Crippen LogP contribution < -0.4 is 0 Å². The zero-order chi connectivity index (χ0) is 59.8. The molecule has 2 aromatic rings. The predicted octanol–water partition coefficient (Wildman–Crippen LogP) is 26.9. The second kappa shape index (κ2) is 60.0. The highest BCUT2D eigenvalue weighted by molar-refractivity contribution is 5.39. The van der Waals surface area contributed by atoms with E-state index in [1.54, 1.807) is 0 Å². The van der Waals surface area contributed by atoms with Crippen molar-refractivity contribution in [3.63, 3.8) is 0 Å². The molecule has 0 heterocycles. The number of benzene rings is 2. The van der Waals surface area contributed by atoms with Crippen molar-refractivity contribution in [2.75, 3.05) is 0 Å². The van der Waals surface area contributed by atoms with E-state index in [-0.39, 0.29) is 5.41 Å². The van der Waals surface area contributed by atoms with Crippen LogP contribution in [0.5, 0.6) is 0 Å². The summed E-state index contributed by atoms with van der Waals surface area (Å²) in [5.41, 5.74) is 15.5. The van der Waals surface area contributed by atoms with Crippen LogP contribution in [0.2, 0.25) is 0 Å². The molecule has 0 radical (unpaired) electrons. The molecule has 2 aromatic carbocycles. The molecular formula is C74H134. The van der Waals surface area contributed by atoms with Gasteiger partial charge in [-0.1, -0.05) is 270 Å². The van der Waals surface area contributed by atoms with Gasteiger partial charge in [0.25, 0.3) is 0 Å². The van der Waals surface area contributed by atoms with Crippen LogP contribution in [-0.2, 0) is 5.41 Å². The van der Waals surface area contributed by atoms with Gasteiger partial charge in [-0.15, -0.1) is 0 Å². The minimum Gasteiger partial charge on any atom is -0.0917 e. The van der Waals surface area contributed by atoms with Gasteiger partial charge in [0.2, 0.25) is 0 Å². The van der Waals surface area contributed by atoms with Gasteiger partial charge in [0.15, 0.2) is 0 Å². The average molecular weight is 1020 g/mol. The van der Waals surface area contributed by atoms with Crippen molar-refractivity contribution in [1.29, 1.82) is 0 Å². The molecule has 0 saturated heterocycles. The van der Waals surface area contributed by atoms with Gasteiger partial charge in [-0.2, -0.15) is 0 Å². The third-order valence-corrected chi connectivity index (χ3v) is 11.8. The molecule has 0 spiro atoms.